The van der Waals surface area contributed by atoms with Crippen LogP contribution in [0.1, 0.15) is 0 Å². The fourth-order valence-electron chi connectivity index (χ4n) is 0. The summed E-state index contributed by atoms with van der Waals surface area (Å²) < 4.78 is 0. The maximum atomic E-state index is 2.15. The van der Waals surface area contributed by atoms with E-state index in [9.17, 15) is 0 Å². The van der Waals surface area contributed by atoms with Crippen molar-refractivity contribution in [2.24, 2.45) is 0 Å². The zero-order valence-corrected chi connectivity index (χ0v) is 3.91. The van der Waals surface area contributed by atoms with Gasteiger partial charge in [-0.2, -0.15) is 0 Å². The van der Waals surface area contributed by atoms with E-state index in [1.54, 1.807) is 0 Å². The van der Waals surface area contributed by atoms with Crippen molar-refractivity contribution in [3.63, 3.8) is 0 Å². The van der Waals surface area contributed by atoms with E-state index in [-0.39, 0.29) is 4.70 Å². The number of hydrogen-bond acceptors (Lipinski definition) is 0. The molecular weight excluding hydrogens is 71.1 g/mol. The zero-order chi connectivity index (χ0) is 2.71. The molecule has 0 fully saturated rings. The molecule has 0 aliphatic carbocycles. The lowest BCUT2D eigenvalue weighted by Gasteiger charge is -1.44. The minimum Gasteiger partial charge on any atom is -0.269 e. The van der Waals surface area contributed by atoms with Crippen molar-refractivity contribution < 1.29 is 4.70 Å². The van der Waals surface area contributed by atoms with Gasteiger partial charge in [-0.1, -0.05) is 13.1 Å². The highest BCUT2D eigenvalue weighted by Crippen LogP contribution is 1.36. The van der Waals surface area contributed by atoms with Crippen LogP contribution in [-0.2, 0) is 0 Å². The summed E-state index contributed by atoms with van der Waals surface area (Å²) in [6, 6.07) is 0. The molecule has 0 bridgehead atoms. The van der Waals surface area contributed by atoms with Gasteiger partial charge in [-0.25, -0.2) is 0 Å². The molecule has 26 valence electrons. The molecule has 0 unspecified atom stereocenters. The number of hydrogen-bond donors (Lipinski definition) is 0. The Kier molecular flexibility index (Phi) is 24.6. The molecule has 0 aliphatic heterocycles. The van der Waals surface area contributed by atoms with E-state index in [1.807, 2.05) is 0 Å². The Morgan fingerprint density at radius 3 is 1.25 bits per heavy atom. The molecule has 0 rings (SSSR count). The maximum Gasteiger partial charge on any atom is 0.0307 e. The summed E-state index contributed by atoms with van der Waals surface area (Å²) in [4.78, 5) is 0. The highest BCUT2D eigenvalue weighted by atomic mass is 28.2. The Labute approximate surface area is 28.4 Å². The quantitative estimate of drug-likeness (QED) is 0.378. The first kappa shape index (κ1) is 8.91. The van der Waals surface area contributed by atoms with Gasteiger partial charge in [-0.15, -0.1) is 0 Å². The highest BCUT2D eigenvalue weighted by Gasteiger charge is 1.39. The van der Waals surface area contributed by atoms with E-state index < -0.39 is 0 Å². The lowest BCUT2D eigenvalue weighted by molar-refractivity contribution is 1.11. The van der Waals surface area contributed by atoms with Crippen molar-refractivity contribution in [1.82, 2.24) is 0 Å². The molecule has 0 N–H and O–H groups in total. The third kappa shape index (κ3) is 131. The van der Waals surface area contributed by atoms with Crippen molar-refractivity contribution in [2.75, 3.05) is 0 Å². The van der Waals surface area contributed by atoms with Crippen LogP contribution >= 0.6 is 0 Å². The predicted octanol–water partition coefficient (Wildman–Crippen LogP) is 0.939. The maximum absolute atomic E-state index is 2.15. The first-order valence-electron chi connectivity index (χ1n) is 1.00. The summed E-state index contributed by atoms with van der Waals surface area (Å²) in [5, 5.41) is 0. The molecular formula is C2H7FSi. The average Bonchev–Trinajstić information content (AvgIpc) is 0.918. The lowest BCUT2D eigenvalue weighted by atomic mass is 11.9. The lowest BCUT2D eigenvalue weighted by Crippen LogP contribution is -1.53. The predicted molar refractivity (Wildman–Crippen MR) is 20.0 cm³/mol. The standard InChI is InChI=1S/C2H6Si.FH/c1-3-2;/h1-2H3;1H. The van der Waals surface area contributed by atoms with Gasteiger partial charge >= 0.3 is 0 Å². The summed E-state index contributed by atoms with van der Waals surface area (Å²) in [7, 11) is 1.08. The van der Waals surface area contributed by atoms with Gasteiger partial charge in [-0.05, 0) is 0 Å². The molecule has 0 spiro atoms. The fraction of sp³-hybridized carbons (Fsp3) is 1.00. The molecule has 4 heavy (non-hydrogen) atoms. The largest absolute Gasteiger partial charge is 0.269 e. The Morgan fingerprint density at radius 2 is 1.25 bits per heavy atom. The first-order chi connectivity index (χ1) is 1.41. The zero-order valence-electron chi connectivity index (χ0n) is 2.91. The number of halogens is 1. The van der Waals surface area contributed by atoms with E-state index in [2.05, 4.69) is 13.1 Å². The van der Waals surface area contributed by atoms with Crippen LogP contribution in [0.25, 0.3) is 0 Å². The summed E-state index contributed by atoms with van der Waals surface area (Å²) in [5.41, 5.74) is 0. The van der Waals surface area contributed by atoms with Gasteiger partial charge in [0.25, 0.3) is 0 Å². The summed E-state index contributed by atoms with van der Waals surface area (Å²) in [6.07, 6.45) is 0. The van der Waals surface area contributed by atoms with Gasteiger partial charge in [0.2, 0.25) is 0 Å². The highest BCUT2D eigenvalue weighted by molar-refractivity contribution is 6.31. The minimum absolute atomic E-state index is 0. The van der Waals surface area contributed by atoms with Crippen molar-refractivity contribution in [3.05, 3.63) is 0 Å². The molecule has 0 aliphatic rings. The van der Waals surface area contributed by atoms with Crippen LogP contribution in [-0.4, -0.2) is 9.52 Å². The molecule has 0 heterocycles. The van der Waals surface area contributed by atoms with Crippen LogP contribution in [0.5, 0.6) is 0 Å². The van der Waals surface area contributed by atoms with Crippen LogP contribution < -0.4 is 0 Å². The van der Waals surface area contributed by atoms with Crippen LogP contribution in [0.15, 0.2) is 0 Å². The van der Waals surface area contributed by atoms with E-state index in [0.29, 0.717) is 0 Å². The van der Waals surface area contributed by atoms with Gasteiger partial charge in [0.1, 0.15) is 0 Å². The molecule has 0 atom stereocenters. The summed E-state index contributed by atoms with van der Waals surface area (Å²) in [6.45, 7) is 4.31. The average molecular weight is 78.2 g/mol. The van der Waals surface area contributed by atoms with Gasteiger partial charge in [-0.3, -0.25) is 4.70 Å². The Balaban J connectivity index is 0. The molecule has 0 nitrogen and oxygen atoms in total. The summed E-state index contributed by atoms with van der Waals surface area (Å²) in [5.74, 6) is 0. The SMILES string of the molecule is C[Si]C.F. The molecule has 0 saturated carbocycles. The van der Waals surface area contributed by atoms with Crippen molar-refractivity contribution >= 4 is 9.52 Å². The molecule has 0 amide bonds. The van der Waals surface area contributed by atoms with Gasteiger partial charge in [0.05, 0.1) is 0 Å². The molecule has 0 aromatic heterocycles. The Hall–Kier alpha value is 0.147. The van der Waals surface area contributed by atoms with Crippen LogP contribution in [0, 0.1) is 0 Å². The van der Waals surface area contributed by atoms with Crippen LogP contribution in [0.2, 0.25) is 13.1 Å². The fourth-order valence-corrected chi connectivity index (χ4v) is 0. The van der Waals surface area contributed by atoms with Gasteiger partial charge in [0.15, 0.2) is 0 Å². The van der Waals surface area contributed by atoms with Crippen molar-refractivity contribution in [3.8, 4) is 0 Å². The topological polar surface area (TPSA) is 0 Å². The minimum atomic E-state index is 0. The third-order valence-corrected chi connectivity index (χ3v) is 0. The second-order valence-electron chi connectivity index (χ2n) is 0.500. The van der Waals surface area contributed by atoms with E-state index in [4.69, 9.17) is 0 Å². The first-order valence-corrected chi connectivity index (χ1v) is 3.00. The second-order valence-corrected chi connectivity index (χ2v) is 1.50. The summed E-state index contributed by atoms with van der Waals surface area (Å²) >= 11 is 0. The van der Waals surface area contributed by atoms with Crippen LogP contribution in [0.4, 0.5) is 4.70 Å². The third-order valence-electron chi connectivity index (χ3n) is 0. The molecule has 2 heteroatoms. The normalized spacial score (nSPS) is 4.50. The Bertz CT molecular complexity index is 6.00. The smallest absolute Gasteiger partial charge is 0.0307 e. The van der Waals surface area contributed by atoms with Gasteiger partial charge in [0, 0.05) is 9.52 Å². The molecule has 0 aromatic rings. The monoisotopic (exact) mass is 78.0 g/mol. The van der Waals surface area contributed by atoms with Crippen molar-refractivity contribution in [1.29, 1.82) is 0 Å². The van der Waals surface area contributed by atoms with E-state index in [0.717, 1.165) is 9.52 Å². The van der Waals surface area contributed by atoms with Crippen LogP contribution in [0.3, 0.4) is 0 Å². The molecule has 0 aromatic carbocycles. The van der Waals surface area contributed by atoms with E-state index >= 15 is 0 Å². The second kappa shape index (κ2) is 11.0. The molecule has 2 radical (unpaired) electrons. The van der Waals surface area contributed by atoms with Gasteiger partial charge < -0.3 is 0 Å². The molecule has 0 saturated heterocycles. The Morgan fingerprint density at radius 1 is 1.25 bits per heavy atom. The van der Waals surface area contributed by atoms with E-state index in [1.165, 1.54) is 0 Å². The number of rotatable bonds is 0. The van der Waals surface area contributed by atoms with Crippen molar-refractivity contribution in [2.45, 2.75) is 13.1 Å².